The number of nitrogens with two attached hydrogens (primary N) is 1. The zero-order valence-electron chi connectivity index (χ0n) is 12.1. The molecule has 100 valence electrons. The minimum atomic E-state index is 0.0759. The highest BCUT2D eigenvalue weighted by Crippen LogP contribution is 2.20. The van der Waals surface area contributed by atoms with Crippen LogP contribution in [0.1, 0.15) is 40.8 Å². The maximum absolute atomic E-state index is 6.37. The molecule has 0 heterocycles. The number of rotatable bonds is 4. The van der Waals surface area contributed by atoms with E-state index in [1.165, 1.54) is 27.8 Å². The van der Waals surface area contributed by atoms with Crippen LogP contribution in [0.3, 0.4) is 0 Å². The molecule has 0 radical (unpaired) electrons. The summed E-state index contributed by atoms with van der Waals surface area (Å²) in [5, 5.41) is 0. The Morgan fingerprint density at radius 1 is 1.05 bits per heavy atom. The van der Waals surface area contributed by atoms with Gasteiger partial charge in [-0.2, -0.15) is 0 Å². The predicted octanol–water partition coefficient (Wildman–Crippen LogP) is 4.11. The van der Waals surface area contributed by atoms with Gasteiger partial charge in [0.2, 0.25) is 0 Å². The monoisotopic (exact) mass is 253 g/mol. The van der Waals surface area contributed by atoms with E-state index in [9.17, 15) is 0 Å². The second-order valence-electron chi connectivity index (χ2n) is 5.34. The average Bonchev–Trinajstić information content (AvgIpc) is 2.43. The summed E-state index contributed by atoms with van der Waals surface area (Å²) in [6.45, 7) is 6.46. The molecule has 2 aromatic rings. The van der Waals surface area contributed by atoms with E-state index in [-0.39, 0.29) is 6.04 Å². The normalized spacial score (nSPS) is 12.4. The highest BCUT2D eigenvalue weighted by atomic mass is 14.6. The van der Waals surface area contributed by atoms with Crippen molar-refractivity contribution in [2.75, 3.05) is 0 Å². The minimum absolute atomic E-state index is 0.0759. The van der Waals surface area contributed by atoms with Crippen molar-refractivity contribution >= 4 is 0 Å². The SMILES string of the molecule is CCc1cccc(C(N)Cc2cc(C)ccc2C)c1. The van der Waals surface area contributed by atoms with Gasteiger partial charge in [-0.1, -0.05) is 55.0 Å². The van der Waals surface area contributed by atoms with Gasteiger partial charge in [-0.05, 0) is 48.9 Å². The van der Waals surface area contributed by atoms with Crippen molar-refractivity contribution in [1.29, 1.82) is 0 Å². The fourth-order valence-corrected chi connectivity index (χ4v) is 2.42. The first kappa shape index (κ1) is 13.8. The third-order valence-electron chi connectivity index (χ3n) is 3.73. The molecule has 0 amide bonds. The average molecular weight is 253 g/mol. The first-order chi connectivity index (χ1) is 9.10. The molecule has 0 saturated heterocycles. The van der Waals surface area contributed by atoms with Crippen molar-refractivity contribution in [3.63, 3.8) is 0 Å². The van der Waals surface area contributed by atoms with Crippen LogP contribution in [0, 0.1) is 13.8 Å². The van der Waals surface area contributed by atoms with E-state index in [2.05, 4.69) is 63.2 Å². The topological polar surface area (TPSA) is 26.0 Å². The van der Waals surface area contributed by atoms with Crippen molar-refractivity contribution in [3.05, 3.63) is 70.3 Å². The van der Waals surface area contributed by atoms with E-state index in [4.69, 9.17) is 5.73 Å². The van der Waals surface area contributed by atoms with Crippen LogP contribution >= 0.6 is 0 Å². The van der Waals surface area contributed by atoms with Crippen molar-refractivity contribution < 1.29 is 0 Å². The van der Waals surface area contributed by atoms with E-state index >= 15 is 0 Å². The smallest absolute Gasteiger partial charge is 0.0335 e. The summed E-state index contributed by atoms with van der Waals surface area (Å²) in [7, 11) is 0. The molecule has 0 aliphatic heterocycles. The molecule has 1 heteroatoms. The molecule has 1 unspecified atom stereocenters. The largest absolute Gasteiger partial charge is 0.324 e. The lowest BCUT2D eigenvalue weighted by Crippen LogP contribution is -2.14. The third kappa shape index (κ3) is 3.45. The maximum atomic E-state index is 6.37. The lowest BCUT2D eigenvalue weighted by atomic mass is 9.94. The molecule has 1 nitrogen and oxygen atoms in total. The van der Waals surface area contributed by atoms with Gasteiger partial charge in [0.05, 0.1) is 0 Å². The van der Waals surface area contributed by atoms with Crippen molar-refractivity contribution in [3.8, 4) is 0 Å². The van der Waals surface area contributed by atoms with Crippen LogP contribution in [-0.2, 0) is 12.8 Å². The predicted molar refractivity (Wildman–Crippen MR) is 82.4 cm³/mol. The van der Waals surface area contributed by atoms with E-state index in [1.807, 2.05) is 0 Å². The van der Waals surface area contributed by atoms with Gasteiger partial charge < -0.3 is 5.73 Å². The molecule has 0 saturated carbocycles. The van der Waals surface area contributed by atoms with Gasteiger partial charge in [0.1, 0.15) is 0 Å². The van der Waals surface area contributed by atoms with Crippen LogP contribution in [-0.4, -0.2) is 0 Å². The summed E-state index contributed by atoms with van der Waals surface area (Å²) in [5.74, 6) is 0. The van der Waals surface area contributed by atoms with Gasteiger partial charge >= 0.3 is 0 Å². The quantitative estimate of drug-likeness (QED) is 0.872. The molecule has 0 bridgehead atoms. The minimum Gasteiger partial charge on any atom is -0.324 e. The summed E-state index contributed by atoms with van der Waals surface area (Å²) in [4.78, 5) is 0. The Morgan fingerprint density at radius 2 is 1.84 bits per heavy atom. The highest BCUT2D eigenvalue weighted by Gasteiger charge is 2.09. The Bertz CT molecular complexity index is 557. The standard InChI is InChI=1S/C18H23N/c1-4-15-6-5-7-16(11-15)18(19)12-17-10-13(2)8-9-14(17)3/h5-11,18H,4,12,19H2,1-3H3. The zero-order valence-corrected chi connectivity index (χ0v) is 12.1. The molecule has 0 spiro atoms. The molecule has 0 fully saturated rings. The molecular weight excluding hydrogens is 230 g/mol. The first-order valence-corrected chi connectivity index (χ1v) is 7.00. The summed E-state index contributed by atoms with van der Waals surface area (Å²) in [5.41, 5.74) is 12.9. The van der Waals surface area contributed by atoms with E-state index in [0.29, 0.717) is 0 Å². The van der Waals surface area contributed by atoms with Crippen LogP contribution < -0.4 is 5.73 Å². The second-order valence-corrected chi connectivity index (χ2v) is 5.34. The molecule has 2 rings (SSSR count). The van der Waals surface area contributed by atoms with Crippen molar-refractivity contribution in [2.45, 2.75) is 39.7 Å². The van der Waals surface area contributed by atoms with E-state index < -0.39 is 0 Å². The summed E-state index contributed by atoms with van der Waals surface area (Å²) < 4.78 is 0. The lowest BCUT2D eigenvalue weighted by Gasteiger charge is -2.15. The summed E-state index contributed by atoms with van der Waals surface area (Å²) >= 11 is 0. The molecule has 1 atom stereocenters. The zero-order chi connectivity index (χ0) is 13.8. The van der Waals surface area contributed by atoms with Crippen LogP contribution in [0.2, 0.25) is 0 Å². The molecule has 2 aromatic carbocycles. The first-order valence-electron chi connectivity index (χ1n) is 7.00. The molecule has 0 aromatic heterocycles. The lowest BCUT2D eigenvalue weighted by molar-refractivity contribution is 0.717. The Hall–Kier alpha value is -1.60. The van der Waals surface area contributed by atoms with E-state index in [1.54, 1.807) is 0 Å². The fourth-order valence-electron chi connectivity index (χ4n) is 2.42. The Kier molecular flexibility index (Phi) is 4.39. The Balaban J connectivity index is 2.20. The number of hydrogen-bond donors (Lipinski definition) is 1. The van der Waals surface area contributed by atoms with Crippen LogP contribution in [0.4, 0.5) is 0 Å². The fraction of sp³-hybridized carbons (Fsp3) is 0.333. The highest BCUT2D eigenvalue weighted by molar-refractivity contribution is 5.33. The molecule has 0 aliphatic rings. The molecular formula is C18H23N. The van der Waals surface area contributed by atoms with Crippen LogP contribution in [0.25, 0.3) is 0 Å². The molecule has 0 aliphatic carbocycles. The van der Waals surface area contributed by atoms with Gasteiger partial charge in [-0.25, -0.2) is 0 Å². The maximum Gasteiger partial charge on any atom is 0.0335 e. The Labute approximate surface area is 116 Å². The summed E-state index contributed by atoms with van der Waals surface area (Å²) in [6.07, 6.45) is 1.96. The van der Waals surface area contributed by atoms with Gasteiger partial charge in [-0.3, -0.25) is 0 Å². The number of benzene rings is 2. The van der Waals surface area contributed by atoms with Crippen LogP contribution in [0.5, 0.6) is 0 Å². The van der Waals surface area contributed by atoms with Gasteiger partial charge in [0.25, 0.3) is 0 Å². The summed E-state index contributed by atoms with van der Waals surface area (Å²) in [6, 6.07) is 15.3. The molecule has 19 heavy (non-hydrogen) atoms. The third-order valence-corrected chi connectivity index (χ3v) is 3.73. The van der Waals surface area contributed by atoms with Crippen molar-refractivity contribution in [1.82, 2.24) is 0 Å². The van der Waals surface area contributed by atoms with Crippen LogP contribution in [0.15, 0.2) is 42.5 Å². The van der Waals surface area contributed by atoms with Gasteiger partial charge in [-0.15, -0.1) is 0 Å². The Morgan fingerprint density at radius 3 is 2.58 bits per heavy atom. The van der Waals surface area contributed by atoms with Gasteiger partial charge in [0.15, 0.2) is 0 Å². The van der Waals surface area contributed by atoms with Crippen molar-refractivity contribution in [2.24, 2.45) is 5.73 Å². The number of hydrogen-bond acceptors (Lipinski definition) is 1. The van der Waals surface area contributed by atoms with E-state index in [0.717, 1.165) is 12.8 Å². The second kappa shape index (κ2) is 6.03. The molecule has 2 N–H and O–H groups in total. The number of aryl methyl sites for hydroxylation is 3. The van der Waals surface area contributed by atoms with Gasteiger partial charge in [0, 0.05) is 6.04 Å².